The zero-order valence-corrected chi connectivity index (χ0v) is 21.1. The second-order valence-electron chi connectivity index (χ2n) is 8.27. The van der Waals surface area contributed by atoms with Gasteiger partial charge in [0.05, 0.1) is 17.9 Å². The third kappa shape index (κ3) is 5.00. The number of hydrogen-bond donors (Lipinski definition) is 1. The van der Waals surface area contributed by atoms with Crippen LogP contribution in [0.5, 0.6) is 5.75 Å². The van der Waals surface area contributed by atoms with Crippen molar-refractivity contribution in [3.63, 3.8) is 0 Å². The van der Waals surface area contributed by atoms with Crippen molar-refractivity contribution in [3.8, 4) is 5.75 Å². The monoisotopic (exact) mass is 495 g/mol. The molecule has 184 valence electrons. The molecule has 35 heavy (non-hydrogen) atoms. The van der Waals surface area contributed by atoms with E-state index in [0.29, 0.717) is 29.0 Å². The van der Waals surface area contributed by atoms with E-state index in [0.717, 1.165) is 22.3 Å². The Morgan fingerprint density at radius 2 is 1.86 bits per heavy atom. The quantitative estimate of drug-likeness (QED) is 0.473. The lowest BCUT2D eigenvalue weighted by Crippen LogP contribution is -2.46. The van der Waals surface area contributed by atoms with Crippen LogP contribution in [0.4, 0.5) is 0 Å². The van der Waals surface area contributed by atoms with Crippen molar-refractivity contribution in [3.05, 3.63) is 64.8 Å². The van der Waals surface area contributed by atoms with E-state index in [1.807, 2.05) is 55.7 Å². The molecule has 1 aliphatic heterocycles. The van der Waals surface area contributed by atoms with Gasteiger partial charge in [-0.3, -0.25) is 15.0 Å². The first kappa shape index (κ1) is 24.7. The molecule has 0 spiro atoms. The van der Waals surface area contributed by atoms with Crippen LogP contribution in [0.1, 0.15) is 46.4 Å². The number of carbonyl (C=O) groups excluding carboxylic acids is 3. The summed E-state index contributed by atoms with van der Waals surface area (Å²) in [6.07, 6.45) is 0. The minimum absolute atomic E-state index is 0.161. The summed E-state index contributed by atoms with van der Waals surface area (Å²) >= 11 is 1.46. The van der Waals surface area contributed by atoms with Crippen LogP contribution >= 0.6 is 11.8 Å². The number of hydrazine groups is 1. The Bertz CT molecular complexity index is 1270. The van der Waals surface area contributed by atoms with E-state index in [1.54, 1.807) is 19.1 Å². The molecule has 0 bridgehead atoms. The molecule has 2 amide bonds. The van der Waals surface area contributed by atoms with E-state index in [2.05, 4.69) is 5.43 Å². The van der Waals surface area contributed by atoms with Crippen LogP contribution in [0.25, 0.3) is 10.9 Å². The lowest BCUT2D eigenvalue weighted by Gasteiger charge is -2.24. The van der Waals surface area contributed by atoms with Crippen molar-refractivity contribution in [2.75, 3.05) is 19.0 Å². The van der Waals surface area contributed by atoms with Gasteiger partial charge in [0.2, 0.25) is 0 Å². The van der Waals surface area contributed by atoms with Crippen LogP contribution in [0.3, 0.4) is 0 Å². The highest BCUT2D eigenvalue weighted by atomic mass is 32.2. The van der Waals surface area contributed by atoms with Gasteiger partial charge in [0, 0.05) is 23.1 Å². The zero-order chi connectivity index (χ0) is 25.1. The van der Waals surface area contributed by atoms with Gasteiger partial charge >= 0.3 is 5.97 Å². The third-order valence-electron chi connectivity index (χ3n) is 5.94. The number of fused-ring (bicyclic) bond motifs is 1. The van der Waals surface area contributed by atoms with Gasteiger partial charge in [-0.15, -0.1) is 11.8 Å². The van der Waals surface area contributed by atoms with Crippen molar-refractivity contribution >= 4 is 40.4 Å². The minimum atomic E-state index is -0.439. The van der Waals surface area contributed by atoms with Crippen LogP contribution in [-0.2, 0) is 20.9 Å². The van der Waals surface area contributed by atoms with E-state index in [4.69, 9.17) is 9.47 Å². The number of carbonyl (C=O) groups is 3. The number of aromatic nitrogens is 1. The number of nitrogens with zero attached hydrogens (tertiary/aromatic N) is 2. The minimum Gasteiger partial charge on any atom is -0.484 e. The summed E-state index contributed by atoms with van der Waals surface area (Å²) in [5.74, 6) is -0.245. The van der Waals surface area contributed by atoms with Gasteiger partial charge in [-0.05, 0) is 51.5 Å². The number of benzene rings is 2. The maximum atomic E-state index is 12.7. The molecule has 1 fully saturated rings. The number of thioether (sulfide) groups is 1. The molecule has 2 heterocycles. The predicted molar refractivity (Wildman–Crippen MR) is 135 cm³/mol. The average Bonchev–Trinajstić information content (AvgIpc) is 3.34. The van der Waals surface area contributed by atoms with E-state index in [9.17, 15) is 14.4 Å². The van der Waals surface area contributed by atoms with Crippen LogP contribution in [-0.4, -0.2) is 46.3 Å². The molecule has 1 N–H and O–H groups in total. The van der Waals surface area contributed by atoms with Crippen LogP contribution in [0, 0.1) is 13.8 Å². The molecule has 1 aromatic heterocycles. The van der Waals surface area contributed by atoms with Crippen molar-refractivity contribution in [1.29, 1.82) is 0 Å². The summed E-state index contributed by atoms with van der Waals surface area (Å²) in [6.45, 7) is 8.38. The molecule has 1 atom stereocenters. The fourth-order valence-electron chi connectivity index (χ4n) is 4.26. The number of esters is 1. The van der Waals surface area contributed by atoms with Crippen molar-refractivity contribution in [2.45, 2.75) is 39.6 Å². The Balaban J connectivity index is 1.48. The number of nitrogens with one attached hydrogen (secondary N) is 1. The Hall–Kier alpha value is -3.46. The Labute approximate surface area is 208 Å². The topological polar surface area (TPSA) is 89.9 Å². The van der Waals surface area contributed by atoms with Gasteiger partial charge in [0.15, 0.2) is 6.61 Å². The molecule has 0 aliphatic carbocycles. The predicted octanol–water partition coefficient (Wildman–Crippen LogP) is 4.14. The van der Waals surface area contributed by atoms with Crippen molar-refractivity contribution in [1.82, 2.24) is 15.0 Å². The standard InChI is InChI=1S/C26H29N3O5S/c1-5-28-17(4)24(26(32)33-6-2)20-13-19(11-12-21(20)28)34-14-22(30)27-29-23(31)15-35-25(29)18-9-7-16(3)8-10-18/h7-13,25H,5-6,14-15H2,1-4H3,(H,27,30)/t25-/m1/s1. The number of rotatable bonds is 8. The van der Waals surface area contributed by atoms with E-state index in [-0.39, 0.29) is 30.5 Å². The highest BCUT2D eigenvalue weighted by Crippen LogP contribution is 2.37. The molecular formula is C26H29N3O5S. The normalized spacial score (nSPS) is 15.5. The van der Waals surface area contributed by atoms with Crippen LogP contribution < -0.4 is 10.2 Å². The Morgan fingerprint density at radius 1 is 1.11 bits per heavy atom. The average molecular weight is 496 g/mol. The molecular weight excluding hydrogens is 466 g/mol. The van der Waals surface area contributed by atoms with Crippen LogP contribution in [0.2, 0.25) is 0 Å². The maximum absolute atomic E-state index is 12.7. The van der Waals surface area contributed by atoms with E-state index < -0.39 is 5.91 Å². The summed E-state index contributed by atoms with van der Waals surface area (Å²) in [6, 6.07) is 13.3. The molecule has 0 radical (unpaired) electrons. The summed E-state index contributed by atoms with van der Waals surface area (Å²) in [7, 11) is 0. The first-order valence-electron chi connectivity index (χ1n) is 11.6. The highest BCUT2D eigenvalue weighted by molar-refractivity contribution is 8.00. The first-order valence-corrected chi connectivity index (χ1v) is 12.6. The fraction of sp³-hybridized carbons (Fsp3) is 0.346. The van der Waals surface area contributed by atoms with E-state index in [1.165, 1.54) is 16.8 Å². The van der Waals surface area contributed by atoms with Gasteiger partial charge in [0.25, 0.3) is 11.8 Å². The highest BCUT2D eigenvalue weighted by Gasteiger charge is 2.34. The molecule has 8 nitrogen and oxygen atoms in total. The third-order valence-corrected chi connectivity index (χ3v) is 7.15. The second kappa shape index (κ2) is 10.4. The van der Waals surface area contributed by atoms with Gasteiger partial charge in [-0.1, -0.05) is 29.8 Å². The van der Waals surface area contributed by atoms with Gasteiger partial charge in [0.1, 0.15) is 11.1 Å². The number of amides is 2. The van der Waals surface area contributed by atoms with Crippen molar-refractivity contribution in [2.24, 2.45) is 0 Å². The molecule has 0 unspecified atom stereocenters. The fourth-order valence-corrected chi connectivity index (χ4v) is 5.37. The molecule has 1 aliphatic rings. The second-order valence-corrected chi connectivity index (χ2v) is 9.33. The summed E-state index contributed by atoms with van der Waals surface area (Å²) in [5.41, 5.74) is 6.97. The van der Waals surface area contributed by atoms with Gasteiger partial charge < -0.3 is 14.0 Å². The summed E-state index contributed by atoms with van der Waals surface area (Å²) < 4.78 is 13.0. The summed E-state index contributed by atoms with van der Waals surface area (Å²) in [5, 5.41) is 1.80. The van der Waals surface area contributed by atoms with Gasteiger partial charge in [-0.25, -0.2) is 9.80 Å². The molecule has 4 rings (SSSR count). The first-order chi connectivity index (χ1) is 16.8. The molecule has 3 aromatic rings. The molecule has 1 saturated heterocycles. The number of aryl methyl sites for hydroxylation is 2. The smallest absolute Gasteiger partial charge is 0.340 e. The van der Waals surface area contributed by atoms with Crippen molar-refractivity contribution < 1.29 is 23.9 Å². The lowest BCUT2D eigenvalue weighted by molar-refractivity contribution is -0.140. The van der Waals surface area contributed by atoms with E-state index >= 15 is 0 Å². The largest absolute Gasteiger partial charge is 0.484 e. The summed E-state index contributed by atoms with van der Waals surface area (Å²) in [4.78, 5) is 37.7. The van der Waals surface area contributed by atoms with Gasteiger partial charge in [-0.2, -0.15) is 0 Å². The zero-order valence-electron chi connectivity index (χ0n) is 20.3. The van der Waals surface area contributed by atoms with Crippen LogP contribution in [0.15, 0.2) is 42.5 Å². The maximum Gasteiger partial charge on any atom is 0.340 e. The molecule has 2 aromatic carbocycles. The SMILES string of the molecule is CCOC(=O)c1c(C)n(CC)c2ccc(OCC(=O)NN3C(=O)CS[C@@H]3c3ccc(C)cc3)cc12. The Kier molecular flexibility index (Phi) is 7.35. The lowest BCUT2D eigenvalue weighted by atomic mass is 10.1. The number of ether oxygens (including phenoxy) is 2. The molecule has 9 heteroatoms. The molecule has 0 saturated carbocycles. The Morgan fingerprint density at radius 3 is 2.54 bits per heavy atom. The number of hydrogen-bond acceptors (Lipinski definition) is 6.